The lowest BCUT2D eigenvalue weighted by Crippen LogP contribution is -2.51. The van der Waals surface area contributed by atoms with Crippen molar-refractivity contribution in [2.45, 2.75) is 97.6 Å². The van der Waals surface area contributed by atoms with Gasteiger partial charge in [0.25, 0.3) is 0 Å². The molecule has 0 aliphatic carbocycles. The molecule has 214 valence electrons. The van der Waals surface area contributed by atoms with Gasteiger partial charge in [0.1, 0.15) is 29.4 Å². The third kappa shape index (κ3) is 11.6. The van der Waals surface area contributed by atoms with Crippen LogP contribution in [0.1, 0.15) is 68.7 Å². The van der Waals surface area contributed by atoms with Crippen LogP contribution in [-0.4, -0.2) is 92.8 Å². The summed E-state index contributed by atoms with van der Waals surface area (Å²) in [6.45, 7) is 13.7. The molecule has 1 rings (SSSR count). The lowest BCUT2D eigenvalue weighted by Gasteiger charge is -2.32. The van der Waals surface area contributed by atoms with Gasteiger partial charge in [-0.3, -0.25) is 14.4 Å². The fourth-order valence-corrected chi connectivity index (χ4v) is 3.33. The number of hydrogen-bond acceptors (Lipinski definition) is 9. The molecule has 4 amide bonds. The lowest BCUT2D eigenvalue weighted by atomic mass is 10.1. The Bertz CT molecular complexity index is 941. The first-order valence-electron chi connectivity index (χ1n) is 12.1. The average molecular weight is 542 g/mol. The number of imide groups is 1. The average Bonchev–Trinajstić information content (AvgIpc) is 2.94. The van der Waals surface area contributed by atoms with Gasteiger partial charge in [-0.25, -0.2) is 19.3 Å². The van der Waals surface area contributed by atoms with Gasteiger partial charge in [0.2, 0.25) is 11.8 Å². The Morgan fingerprint density at radius 1 is 0.895 bits per heavy atom. The molecular weight excluding hydrogens is 502 g/mol. The SMILES string of the molecule is CC(C)(C)OC(=O)CN1C(=O)[C@H](NC(=O)/C=C/C(=O)O)C[C@@H]1CN(C(=O)OC(C)(C)C)C(=O)OC(C)(C)C. The Kier molecular flexibility index (Phi) is 10.5. The Labute approximate surface area is 222 Å². The highest BCUT2D eigenvalue weighted by Gasteiger charge is 2.44. The maximum absolute atomic E-state index is 13.2. The molecule has 38 heavy (non-hydrogen) atoms. The van der Waals surface area contributed by atoms with Gasteiger partial charge >= 0.3 is 24.1 Å². The number of amides is 4. The van der Waals surface area contributed by atoms with Gasteiger partial charge < -0.3 is 29.5 Å². The summed E-state index contributed by atoms with van der Waals surface area (Å²) in [6, 6.07) is -2.09. The smallest absolute Gasteiger partial charge is 0.419 e. The molecule has 13 nitrogen and oxygen atoms in total. The van der Waals surface area contributed by atoms with Crippen molar-refractivity contribution in [3.63, 3.8) is 0 Å². The fourth-order valence-electron chi connectivity index (χ4n) is 3.33. The number of carbonyl (C=O) groups is 6. The molecule has 13 heteroatoms. The van der Waals surface area contributed by atoms with Crippen LogP contribution >= 0.6 is 0 Å². The van der Waals surface area contributed by atoms with Crippen molar-refractivity contribution < 1.29 is 48.1 Å². The molecule has 2 N–H and O–H groups in total. The first-order chi connectivity index (χ1) is 17.1. The van der Waals surface area contributed by atoms with Crippen molar-refractivity contribution in [1.29, 1.82) is 0 Å². The van der Waals surface area contributed by atoms with E-state index in [4.69, 9.17) is 19.3 Å². The summed E-state index contributed by atoms with van der Waals surface area (Å²) >= 11 is 0. The van der Waals surface area contributed by atoms with Crippen LogP contribution in [0.2, 0.25) is 0 Å². The van der Waals surface area contributed by atoms with Crippen LogP contribution in [0.5, 0.6) is 0 Å². The van der Waals surface area contributed by atoms with Crippen molar-refractivity contribution in [2.24, 2.45) is 0 Å². The van der Waals surface area contributed by atoms with E-state index in [9.17, 15) is 28.8 Å². The lowest BCUT2D eigenvalue weighted by molar-refractivity contribution is -0.159. The first kappa shape index (κ1) is 32.4. The van der Waals surface area contributed by atoms with Crippen molar-refractivity contribution in [2.75, 3.05) is 13.1 Å². The molecule has 1 aliphatic heterocycles. The zero-order valence-corrected chi connectivity index (χ0v) is 23.4. The molecule has 0 radical (unpaired) electrons. The first-order valence-corrected chi connectivity index (χ1v) is 12.1. The monoisotopic (exact) mass is 541 g/mol. The van der Waals surface area contributed by atoms with Crippen LogP contribution in [0.15, 0.2) is 12.2 Å². The summed E-state index contributed by atoms with van der Waals surface area (Å²) in [5.74, 6) is -3.62. The van der Waals surface area contributed by atoms with Gasteiger partial charge in [0, 0.05) is 12.2 Å². The van der Waals surface area contributed by atoms with E-state index in [0.717, 1.165) is 11.0 Å². The quantitative estimate of drug-likeness (QED) is 0.277. The standard InChI is InChI=1S/C25H39N3O10/c1-23(2,3)36-19(32)14-27-15(12-16(20(27)33)26-17(29)10-11-18(30)31)13-28(21(34)37-24(4,5)6)22(35)38-25(7,8)9/h10-11,15-16H,12-14H2,1-9H3,(H,26,29)(H,30,31)/b11-10+/t15-,16-/m1/s1. The minimum absolute atomic E-state index is 0.101. The number of esters is 1. The Morgan fingerprint density at radius 3 is 1.79 bits per heavy atom. The van der Waals surface area contributed by atoms with E-state index in [-0.39, 0.29) is 6.42 Å². The molecule has 2 atom stereocenters. The minimum Gasteiger partial charge on any atom is -0.478 e. The number of nitrogens with one attached hydrogen (secondary N) is 1. The van der Waals surface area contributed by atoms with E-state index >= 15 is 0 Å². The minimum atomic E-state index is -1.35. The second-order valence-electron chi connectivity index (χ2n) is 11.7. The van der Waals surface area contributed by atoms with E-state index in [1.165, 1.54) is 0 Å². The van der Waals surface area contributed by atoms with Gasteiger partial charge in [0.15, 0.2) is 0 Å². The van der Waals surface area contributed by atoms with Gasteiger partial charge in [-0.2, -0.15) is 0 Å². The largest absolute Gasteiger partial charge is 0.478 e. The maximum atomic E-state index is 13.2. The predicted octanol–water partition coefficient (Wildman–Crippen LogP) is 2.23. The normalized spacial score (nSPS) is 18.2. The molecule has 1 aliphatic rings. The molecule has 1 saturated heterocycles. The third-order valence-electron chi connectivity index (χ3n) is 4.56. The molecule has 0 saturated carbocycles. The van der Waals surface area contributed by atoms with Gasteiger partial charge in [0.05, 0.1) is 12.6 Å². The summed E-state index contributed by atoms with van der Waals surface area (Å²) in [7, 11) is 0. The van der Waals surface area contributed by atoms with Crippen molar-refractivity contribution >= 4 is 35.9 Å². The van der Waals surface area contributed by atoms with E-state index in [0.29, 0.717) is 11.0 Å². The van der Waals surface area contributed by atoms with Crippen LogP contribution in [0.25, 0.3) is 0 Å². The van der Waals surface area contributed by atoms with E-state index in [2.05, 4.69) is 5.32 Å². The zero-order valence-electron chi connectivity index (χ0n) is 23.4. The molecule has 0 spiro atoms. The van der Waals surface area contributed by atoms with E-state index in [1.54, 1.807) is 62.3 Å². The Hall–Kier alpha value is -3.64. The van der Waals surface area contributed by atoms with Crippen molar-refractivity contribution in [3.05, 3.63) is 12.2 Å². The summed E-state index contributed by atoms with van der Waals surface area (Å²) in [6.07, 6.45) is -0.788. The molecule has 0 aromatic heterocycles. The Morgan fingerprint density at radius 2 is 1.37 bits per heavy atom. The molecule has 0 bridgehead atoms. The predicted molar refractivity (Wildman–Crippen MR) is 134 cm³/mol. The number of likely N-dealkylation sites (tertiary alicyclic amines) is 1. The second kappa shape index (κ2) is 12.3. The number of hydrogen-bond donors (Lipinski definition) is 2. The molecular formula is C25H39N3O10. The second-order valence-corrected chi connectivity index (χ2v) is 11.7. The molecule has 1 fully saturated rings. The maximum Gasteiger partial charge on any atom is 0.419 e. The van der Waals surface area contributed by atoms with Gasteiger partial charge in [-0.1, -0.05) is 0 Å². The number of aliphatic carboxylic acids is 1. The summed E-state index contributed by atoms with van der Waals surface area (Å²) in [5, 5.41) is 11.1. The van der Waals surface area contributed by atoms with Crippen LogP contribution in [0.4, 0.5) is 9.59 Å². The van der Waals surface area contributed by atoms with Gasteiger partial charge in [-0.15, -0.1) is 0 Å². The molecule has 0 unspecified atom stereocenters. The zero-order chi connectivity index (χ0) is 29.6. The molecule has 0 aromatic rings. The van der Waals surface area contributed by atoms with Crippen molar-refractivity contribution in [3.8, 4) is 0 Å². The topological polar surface area (TPSA) is 169 Å². The van der Waals surface area contributed by atoms with E-state index in [1.807, 2.05) is 0 Å². The number of ether oxygens (including phenoxy) is 3. The van der Waals surface area contributed by atoms with Crippen molar-refractivity contribution in [1.82, 2.24) is 15.1 Å². The highest BCUT2D eigenvalue weighted by Crippen LogP contribution is 2.24. The van der Waals surface area contributed by atoms with Crippen LogP contribution in [0.3, 0.4) is 0 Å². The third-order valence-corrected chi connectivity index (χ3v) is 4.56. The summed E-state index contributed by atoms with van der Waals surface area (Å²) < 4.78 is 16.0. The number of nitrogens with zero attached hydrogens (tertiary/aromatic N) is 2. The van der Waals surface area contributed by atoms with Crippen LogP contribution < -0.4 is 5.32 Å². The van der Waals surface area contributed by atoms with Crippen LogP contribution in [0, 0.1) is 0 Å². The number of carboxylic acid groups (broad SMARTS) is 1. The number of carbonyl (C=O) groups excluding carboxylic acids is 5. The van der Waals surface area contributed by atoms with E-state index < -0.39 is 77.9 Å². The number of carboxylic acids is 1. The molecule has 1 heterocycles. The summed E-state index contributed by atoms with van der Waals surface area (Å²) in [4.78, 5) is 76.3. The highest BCUT2D eigenvalue weighted by atomic mass is 16.6. The highest BCUT2D eigenvalue weighted by molar-refractivity contribution is 5.98. The Balaban J connectivity index is 3.31. The fraction of sp³-hybridized carbons (Fsp3) is 0.680. The molecule has 0 aromatic carbocycles. The van der Waals surface area contributed by atoms with Gasteiger partial charge in [-0.05, 0) is 68.7 Å². The number of rotatable bonds is 7. The van der Waals surface area contributed by atoms with Crippen LogP contribution in [-0.2, 0) is 33.4 Å². The summed E-state index contributed by atoms with van der Waals surface area (Å²) in [5.41, 5.74) is -2.75.